The van der Waals surface area contributed by atoms with Crippen LogP contribution in [0.2, 0.25) is 0 Å². The first-order valence-electron chi connectivity index (χ1n) is 6.73. The third kappa shape index (κ3) is 2.54. The van der Waals surface area contributed by atoms with Gasteiger partial charge < -0.3 is 5.32 Å². The summed E-state index contributed by atoms with van der Waals surface area (Å²) in [5.74, 6) is 1.02. The van der Waals surface area contributed by atoms with Gasteiger partial charge in [0.25, 0.3) is 0 Å². The highest BCUT2D eigenvalue weighted by Crippen LogP contribution is 2.36. The second-order valence-corrected chi connectivity index (χ2v) is 5.40. The van der Waals surface area contributed by atoms with Crippen molar-refractivity contribution in [2.24, 2.45) is 5.92 Å². The van der Waals surface area contributed by atoms with E-state index in [0.29, 0.717) is 0 Å². The topological polar surface area (TPSA) is 15.3 Å². The molecule has 1 aliphatic heterocycles. The molecule has 1 heterocycles. The fraction of sp³-hybridized carbons (Fsp3) is 1.00. The van der Waals surface area contributed by atoms with E-state index >= 15 is 0 Å². The molecule has 2 aliphatic rings. The third-order valence-electron chi connectivity index (χ3n) is 4.35. The van der Waals surface area contributed by atoms with Crippen LogP contribution in [0.25, 0.3) is 0 Å². The molecule has 0 aromatic carbocycles. The van der Waals surface area contributed by atoms with E-state index in [-0.39, 0.29) is 0 Å². The maximum Gasteiger partial charge on any atom is 0.0195 e. The van der Waals surface area contributed by atoms with E-state index < -0.39 is 0 Å². The van der Waals surface area contributed by atoms with E-state index in [1.807, 2.05) is 0 Å². The molecule has 0 bridgehead atoms. The number of rotatable bonds is 4. The molecule has 0 aromatic heterocycles. The van der Waals surface area contributed by atoms with Gasteiger partial charge >= 0.3 is 0 Å². The van der Waals surface area contributed by atoms with E-state index in [1.54, 1.807) is 0 Å². The first kappa shape index (κ1) is 11.4. The van der Waals surface area contributed by atoms with E-state index in [0.717, 1.165) is 24.5 Å². The van der Waals surface area contributed by atoms with E-state index in [4.69, 9.17) is 0 Å². The smallest absolute Gasteiger partial charge is 0.0195 e. The van der Waals surface area contributed by atoms with Crippen molar-refractivity contribution in [3.8, 4) is 0 Å². The predicted octanol–water partition coefficient (Wildman–Crippen LogP) is 2.25. The van der Waals surface area contributed by atoms with Crippen LogP contribution in [0.5, 0.6) is 0 Å². The van der Waals surface area contributed by atoms with Crippen molar-refractivity contribution < 1.29 is 0 Å². The van der Waals surface area contributed by atoms with Crippen LogP contribution in [0.1, 0.15) is 45.4 Å². The van der Waals surface area contributed by atoms with Gasteiger partial charge in [0.1, 0.15) is 0 Å². The summed E-state index contributed by atoms with van der Waals surface area (Å²) in [5, 5.41) is 3.31. The number of likely N-dealkylation sites (tertiary alicyclic amines) is 1. The zero-order valence-corrected chi connectivity index (χ0v) is 10.3. The summed E-state index contributed by atoms with van der Waals surface area (Å²) in [5.41, 5.74) is 0. The molecule has 0 amide bonds. The summed E-state index contributed by atoms with van der Waals surface area (Å²) in [6, 6.07) is 1.64. The lowest BCUT2D eigenvalue weighted by atomic mass is 9.95. The summed E-state index contributed by atoms with van der Waals surface area (Å²) >= 11 is 0. The Hall–Kier alpha value is -0.0800. The lowest BCUT2D eigenvalue weighted by Crippen LogP contribution is -2.44. The second kappa shape index (κ2) is 5.31. The summed E-state index contributed by atoms with van der Waals surface area (Å²) in [6.45, 7) is 4.86. The zero-order chi connectivity index (χ0) is 10.7. The molecule has 15 heavy (non-hydrogen) atoms. The Morgan fingerprint density at radius 2 is 1.93 bits per heavy atom. The Labute approximate surface area is 94.4 Å². The first-order valence-corrected chi connectivity index (χ1v) is 6.73. The molecule has 0 radical (unpaired) electrons. The van der Waals surface area contributed by atoms with Gasteiger partial charge in [-0.25, -0.2) is 0 Å². The fourth-order valence-corrected chi connectivity index (χ4v) is 3.62. The predicted molar refractivity (Wildman–Crippen MR) is 65.1 cm³/mol. The highest BCUT2D eigenvalue weighted by atomic mass is 15.2. The van der Waals surface area contributed by atoms with E-state index in [9.17, 15) is 0 Å². The van der Waals surface area contributed by atoms with Crippen molar-refractivity contribution >= 4 is 0 Å². The summed E-state index contributed by atoms with van der Waals surface area (Å²) in [7, 11) is 2.07. The number of likely N-dealkylation sites (N-methyl/N-ethyl adjacent to an activating group) is 1. The Kier molecular flexibility index (Phi) is 4.04. The molecule has 1 aliphatic carbocycles. The van der Waals surface area contributed by atoms with Crippen LogP contribution in [0.4, 0.5) is 0 Å². The van der Waals surface area contributed by atoms with Crippen molar-refractivity contribution in [3.63, 3.8) is 0 Å². The Morgan fingerprint density at radius 1 is 1.20 bits per heavy atom. The standard InChI is InChI=1S/C13H26N2/c1-11(10-14-2)15-9-5-8-13(15)12-6-3-4-7-12/h11-14H,3-10H2,1-2H3. The normalized spacial score (nSPS) is 31.2. The minimum absolute atomic E-state index is 0.725. The van der Waals surface area contributed by atoms with Crippen molar-refractivity contribution in [2.75, 3.05) is 20.1 Å². The Morgan fingerprint density at radius 3 is 2.60 bits per heavy atom. The summed E-state index contributed by atoms with van der Waals surface area (Å²) in [4.78, 5) is 2.77. The fourth-order valence-electron chi connectivity index (χ4n) is 3.62. The van der Waals surface area contributed by atoms with Gasteiger partial charge in [-0.2, -0.15) is 0 Å². The van der Waals surface area contributed by atoms with Gasteiger partial charge in [0, 0.05) is 18.6 Å². The number of nitrogens with zero attached hydrogens (tertiary/aromatic N) is 1. The van der Waals surface area contributed by atoms with Gasteiger partial charge in [-0.15, -0.1) is 0 Å². The molecule has 2 atom stereocenters. The maximum atomic E-state index is 3.31. The van der Waals surface area contributed by atoms with E-state index in [2.05, 4.69) is 24.2 Å². The van der Waals surface area contributed by atoms with Crippen LogP contribution < -0.4 is 5.32 Å². The average Bonchev–Trinajstić information content (AvgIpc) is 2.88. The van der Waals surface area contributed by atoms with Crippen LogP contribution in [0.3, 0.4) is 0 Å². The molecule has 1 saturated carbocycles. The minimum atomic E-state index is 0.725. The van der Waals surface area contributed by atoms with E-state index in [1.165, 1.54) is 45.1 Å². The average molecular weight is 210 g/mol. The largest absolute Gasteiger partial charge is 0.318 e. The molecule has 1 saturated heterocycles. The lowest BCUT2D eigenvalue weighted by Gasteiger charge is -2.34. The van der Waals surface area contributed by atoms with Crippen molar-refractivity contribution in [1.29, 1.82) is 0 Å². The maximum absolute atomic E-state index is 3.31. The Balaban J connectivity index is 1.91. The van der Waals surface area contributed by atoms with Crippen LogP contribution in [-0.4, -0.2) is 37.1 Å². The Bertz CT molecular complexity index is 187. The van der Waals surface area contributed by atoms with Gasteiger partial charge in [0.15, 0.2) is 0 Å². The van der Waals surface area contributed by atoms with Crippen LogP contribution in [0, 0.1) is 5.92 Å². The molecule has 0 spiro atoms. The van der Waals surface area contributed by atoms with Crippen molar-refractivity contribution in [1.82, 2.24) is 10.2 Å². The number of hydrogen-bond acceptors (Lipinski definition) is 2. The second-order valence-electron chi connectivity index (χ2n) is 5.40. The third-order valence-corrected chi connectivity index (χ3v) is 4.35. The SMILES string of the molecule is CNCC(C)N1CCCC1C1CCCC1. The van der Waals surface area contributed by atoms with Crippen LogP contribution in [-0.2, 0) is 0 Å². The van der Waals surface area contributed by atoms with Gasteiger partial charge in [0.2, 0.25) is 0 Å². The van der Waals surface area contributed by atoms with Gasteiger partial charge in [-0.05, 0) is 52.1 Å². The van der Waals surface area contributed by atoms with Gasteiger partial charge in [0.05, 0.1) is 0 Å². The van der Waals surface area contributed by atoms with Gasteiger partial charge in [-0.1, -0.05) is 12.8 Å². The molecule has 88 valence electrons. The van der Waals surface area contributed by atoms with Crippen LogP contribution in [0.15, 0.2) is 0 Å². The monoisotopic (exact) mass is 210 g/mol. The van der Waals surface area contributed by atoms with Gasteiger partial charge in [-0.3, -0.25) is 4.90 Å². The molecular formula is C13H26N2. The lowest BCUT2D eigenvalue weighted by molar-refractivity contribution is 0.143. The number of nitrogens with one attached hydrogen (secondary N) is 1. The molecule has 1 N–H and O–H groups in total. The molecule has 2 fully saturated rings. The highest BCUT2D eigenvalue weighted by Gasteiger charge is 2.34. The number of hydrogen-bond donors (Lipinski definition) is 1. The molecular weight excluding hydrogens is 184 g/mol. The minimum Gasteiger partial charge on any atom is -0.318 e. The summed E-state index contributed by atoms with van der Waals surface area (Å²) < 4.78 is 0. The molecule has 2 nitrogen and oxygen atoms in total. The molecule has 2 unspecified atom stereocenters. The molecule has 2 heteroatoms. The highest BCUT2D eigenvalue weighted by molar-refractivity contribution is 4.90. The van der Waals surface area contributed by atoms with Crippen LogP contribution >= 0.6 is 0 Å². The first-order chi connectivity index (χ1) is 7.33. The van der Waals surface area contributed by atoms with Crippen molar-refractivity contribution in [3.05, 3.63) is 0 Å². The quantitative estimate of drug-likeness (QED) is 0.765. The molecule has 0 aromatic rings. The summed E-state index contributed by atoms with van der Waals surface area (Å²) in [6.07, 6.45) is 8.83. The van der Waals surface area contributed by atoms with Crippen molar-refractivity contribution in [2.45, 2.75) is 57.5 Å². The zero-order valence-electron chi connectivity index (χ0n) is 10.3. The molecule has 2 rings (SSSR count).